The number of carbonyl (C=O) groups is 3. The van der Waals surface area contributed by atoms with Crippen LogP contribution in [0.5, 0.6) is 0 Å². The fourth-order valence-corrected chi connectivity index (χ4v) is 4.02. The van der Waals surface area contributed by atoms with E-state index in [4.69, 9.17) is 0 Å². The minimum absolute atomic E-state index is 0.0522. The Bertz CT molecular complexity index is 1270. The van der Waals surface area contributed by atoms with Crippen LogP contribution in [-0.4, -0.2) is 63.6 Å². The molecule has 0 radical (unpaired) electrons. The Morgan fingerprint density at radius 2 is 1.62 bits per heavy atom. The molecule has 0 aliphatic rings. The SMILES string of the molecule is CC(C)(C)NC(=O)C(CNCCc1ccc(S(C)(=O)=O)cc1)NC(=O)CNC(=O)c1cccc(C(F)(F)F)c1. The smallest absolute Gasteiger partial charge is 0.350 e. The Balaban J connectivity index is 1.95. The Morgan fingerprint density at radius 3 is 2.18 bits per heavy atom. The predicted molar refractivity (Wildman–Crippen MR) is 140 cm³/mol. The molecule has 0 heterocycles. The first-order chi connectivity index (χ1) is 18.0. The van der Waals surface area contributed by atoms with Crippen molar-refractivity contribution in [2.45, 2.75) is 49.8 Å². The molecule has 1 atom stereocenters. The van der Waals surface area contributed by atoms with E-state index in [-0.39, 0.29) is 17.0 Å². The third-order valence-corrected chi connectivity index (χ3v) is 6.43. The zero-order valence-electron chi connectivity index (χ0n) is 22.1. The Labute approximate surface area is 225 Å². The van der Waals surface area contributed by atoms with Crippen molar-refractivity contribution < 1.29 is 36.0 Å². The van der Waals surface area contributed by atoms with Crippen LogP contribution in [0.4, 0.5) is 13.2 Å². The summed E-state index contributed by atoms with van der Waals surface area (Å²) < 4.78 is 61.9. The van der Waals surface area contributed by atoms with Gasteiger partial charge in [0, 0.05) is 23.9 Å². The lowest BCUT2D eigenvalue weighted by molar-refractivity contribution is -0.137. The molecule has 13 heteroatoms. The number of benzene rings is 2. The van der Waals surface area contributed by atoms with Gasteiger partial charge < -0.3 is 21.3 Å². The average Bonchev–Trinajstić information content (AvgIpc) is 2.82. The lowest BCUT2D eigenvalue weighted by atomic mass is 10.1. The number of hydrogen-bond acceptors (Lipinski definition) is 6. The summed E-state index contributed by atoms with van der Waals surface area (Å²) >= 11 is 0. The van der Waals surface area contributed by atoms with Crippen LogP contribution in [-0.2, 0) is 32.0 Å². The van der Waals surface area contributed by atoms with Crippen molar-refractivity contribution in [1.29, 1.82) is 0 Å². The Hall–Kier alpha value is -3.45. The quantitative estimate of drug-likeness (QED) is 0.306. The van der Waals surface area contributed by atoms with E-state index in [1.807, 2.05) is 0 Å². The third-order valence-electron chi connectivity index (χ3n) is 5.30. The monoisotopic (exact) mass is 570 g/mol. The fraction of sp³-hybridized carbons (Fsp3) is 0.423. The number of nitrogens with one attached hydrogen (secondary N) is 4. The van der Waals surface area contributed by atoms with Gasteiger partial charge in [-0.15, -0.1) is 0 Å². The first-order valence-corrected chi connectivity index (χ1v) is 13.9. The van der Waals surface area contributed by atoms with Gasteiger partial charge in [-0.1, -0.05) is 18.2 Å². The first-order valence-electron chi connectivity index (χ1n) is 12.0. The van der Waals surface area contributed by atoms with E-state index in [2.05, 4.69) is 21.3 Å². The molecule has 0 bridgehead atoms. The zero-order chi connectivity index (χ0) is 29.4. The summed E-state index contributed by atoms with van der Waals surface area (Å²) in [6.45, 7) is 5.23. The maximum atomic E-state index is 12.9. The van der Waals surface area contributed by atoms with Crippen LogP contribution in [0.25, 0.3) is 0 Å². The van der Waals surface area contributed by atoms with Crippen LogP contribution in [0.2, 0.25) is 0 Å². The van der Waals surface area contributed by atoms with E-state index in [9.17, 15) is 36.0 Å². The van der Waals surface area contributed by atoms with Gasteiger partial charge in [-0.2, -0.15) is 13.2 Å². The minimum Gasteiger partial charge on any atom is -0.350 e. The highest BCUT2D eigenvalue weighted by Gasteiger charge is 2.31. The van der Waals surface area contributed by atoms with Gasteiger partial charge in [0.1, 0.15) is 6.04 Å². The van der Waals surface area contributed by atoms with Crippen LogP contribution in [0, 0.1) is 0 Å². The van der Waals surface area contributed by atoms with E-state index >= 15 is 0 Å². The Morgan fingerprint density at radius 1 is 0.974 bits per heavy atom. The highest BCUT2D eigenvalue weighted by Crippen LogP contribution is 2.29. The molecule has 0 aliphatic carbocycles. The van der Waals surface area contributed by atoms with Crippen LogP contribution in [0.1, 0.15) is 42.3 Å². The summed E-state index contributed by atoms with van der Waals surface area (Å²) in [5.74, 6) is -2.04. The number of halogens is 3. The van der Waals surface area contributed by atoms with E-state index in [0.717, 1.165) is 24.0 Å². The molecule has 214 valence electrons. The van der Waals surface area contributed by atoms with Gasteiger partial charge in [-0.3, -0.25) is 14.4 Å². The molecule has 0 fully saturated rings. The van der Waals surface area contributed by atoms with Gasteiger partial charge in [0.05, 0.1) is 17.0 Å². The summed E-state index contributed by atoms with van der Waals surface area (Å²) in [5.41, 5.74) is -0.965. The summed E-state index contributed by atoms with van der Waals surface area (Å²) in [6.07, 6.45) is -2.97. The summed E-state index contributed by atoms with van der Waals surface area (Å²) in [4.78, 5) is 37.7. The maximum Gasteiger partial charge on any atom is 0.416 e. The topological polar surface area (TPSA) is 133 Å². The molecule has 4 N–H and O–H groups in total. The predicted octanol–water partition coefficient (Wildman–Crippen LogP) is 2.07. The van der Waals surface area contributed by atoms with Gasteiger partial charge in [0.25, 0.3) is 5.91 Å². The van der Waals surface area contributed by atoms with E-state index in [0.29, 0.717) is 19.0 Å². The highest BCUT2D eigenvalue weighted by molar-refractivity contribution is 7.90. The summed E-state index contributed by atoms with van der Waals surface area (Å²) in [6, 6.07) is 9.21. The largest absolute Gasteiger partial charge is 0.416 e. The van der Waals surface area contributed by atoms with E-state index in [1.54, 1.807) is 32.9 Å². The second-order valence-corrected chi connectivity index (χ2v) is 12.0. The third kappa shape index (κ3) is 11.1. The second-order valence-electron chi connectivity index (χ2n) is 9.99. The fourth-order valence-electron chi connectivity index (χ4n) is 3.39. The molecule has 3 amide bonds. The number of carbonyl (C=O) groups excluding carboxylic acids is 3. The summed E-state index contributed by atoms with van der Waals surface area (Å²) in [7, 11) is -3.30. The molecule has 0 saturated carbocycles. The molecule has 9 nitrogen and oxygen atoms in total. The van der Waals surface area contributed by atoms with Crippen LogP contribution in [0.3, 0.4) is 0 Å². The van der Waals surface area contributed by atoms with Crippen molar-refractivity contribution in [3.05, 3.63) is 65.2 Å². The Kier molecular flexibility index (Phi) is 10.6. The van der Waals surface area contributed by atoms with E-state index in [1.165, 1.54) is 18.2 Å². The highest BCUT2D eigenvalue weighted by atomic mass is 32.2. The number of rotatable bonds is 11. The van der Waals surface area contributed by atoms with Crippen molar-refractivity contribution in [2.24, 2.45) is 0 Å². The molecule has 0 saturated heterocycles. The minimum atomic E-state index is -4.62. The molecule has 2 aromatic rings. The number of sulfone groups is 1. The van der Waals surface area contributed by atoms with Gasteiger partial charge >= 0.3 is 6.18 Å². The number of alkyl halides is 3. The first kappa shape index (κ1) is 31.8. The molecular formula is C26H33F3N4O5S. The van der Waals surface area contributed by atoms with Crippen molar-refractivity contribution >= 4 is 27.6 Å². The van der Waals surface area contributed by atoms with Crippen LogP contribution >= 0.6 is 0 Å². The van der Waals surface area contributed by atoms with Gasteiger partial charge in [0.15, 0.2) is 9.84 Å². The lowest BCUT2D eigenvalue weighted by Gasteiger charge is -2.26. The average molecular weight is 571 g/mol. The van der Waals surface area contributed by atoms with Gasteiger partial charge in [0.2, 0.25) is 11.8 Å². The van der Waals surface area contributed by atoms with Crippen LogP contribution in [0.15, 0.2) is 53.4 Å². The molecule has 1 unspecified atom stereocenters. The normalized spacial score (nSPS) is 12.9. The molecule has 2 rings (SSSR count). The zero-order valence-corrected chi connectivity index (χ0v) is 22.9. The standard InChI is InChI=1S/C26H33F3N4O5S/c1-25(2,3)33-24(36)21(15-30-13-12-17-8-10-20(11-9-17)39(4,37)38)32-22(34)16-31-23(35)18-6-5-7-19(14-18)26(27,28)29/h5-11,14,21,30H,12-13,15-16H2,1-4H3,(H,31,35)(H,32,34)(H,33,36). The molecular weight excluding hydrogens is 537 g/mol. The van der Waals surface area contributed by atoms with Crippen molar-refractivity contribution in [2.75, 3.05) is 25.9 Å². The van der Waals surface area contributed by atoms with Crippen molar-refractivity contribution in [3.8, 4) is 0 Å². The van der Waals surface area contributed by atoms with Crippen molar-refractivity contribution in [3.63, 3.8) is 0 Å². The van der Waals surface area contributed by atoms with Gasteiger partial charge in [-0.05, 0) is 69.6 Å². The molecule has 0 spiro atoms. The summed E-state index contributed by atoms with van der Waals surface area (Å²) in [5, 5.41) is 10.6. The molecule has 2 aromatic carbocycles. The number of amides is 3. The van der Waals surface area contributed by atoms with Crippen LogP contribution < -0.4 is 21.3 Å². The molecule has 39 heavy (non-hydrogen) atoms. The maximum absolute atomic E-state index is 12.9. The number of hydrogen-bond donors (Lipinski definition) is 4. The molecule has 0 aliphatic heterocycles. The molecule has 0 aromatic heterocycles. The van der Waals surface area contributed by atoms with Gasteiger partial charge in [-0.25, -0.2) is 8.42 Å². The van der Waals surface area contributed by atoms with E-state index < -0.39 is 57.4 Å². The second kappa shape index (κ2) is 13.1. The van der Waals surface area contributed by atoms with Crippen molar-refractivity contribution in [1.82, 2.24) is 21.3 Å². The lowest BCUT2D eigenvalue weighted by Crippen LogP contribution is -2.57.